The first-order chi connectivity index (χ1) is 14.3. The van der Waals surface area contributed by atoms with E-state index in [4.69, 9.17) is 4.42 Å². The average Bonchev–Trinajstić information content (AvgIpc) is 3.36. The largest absolute Gasteiger partial charge is 0.573 e. The number of nitrogens with one attached hydrogen (secondary N) is 1. The number of hydrogen-bond acceptors (Lipinski definition) is 6. The Morgan fingerprint density at radius 3 is 2.90 bits per heavy atom. The van der Waals surface area contributed by atoms with Gasteiger partial charge in [-0.1, -0.05) is 12.1 Å². The fourth-order valence-electron chi connectivity index (χ4n) is 3.21. The summed E-state index contributed by atoms with van der Waals surface area (Å²) in [5, 5.41) is 7.33. The van der Waals surface area contributed by atoms with E-state index in [1.165, 1.54) is 41.5 Å². The van der Waals surface area contributed by atoms with E-state index in [0.717, 1.165) is 0 Å². The average molecular weight is 421 g/mol. The molecule has 3 aromatic rings. The summed E-state index contributed by atoms with van der Waals surface area (Å²) in [5.74, 6) is -0.493. The summed E-state index contributed by atoms with van der Waals surface area (Å²) in [6.45, 7) is 3.82. The number of carbonyl (C=O) groups excluding carboxylic acids is 1. The smallest absolute Gasteiger partial charge is 0.444 e. The summed E-state index contributed by atoms with van der Waals surface area (Å²) in [6.07, 6.45) is -0.726. The minimum absolute atomic E-state index is 0.0961. The highest BCUT2D eigenvalue weighted by atomic mass is 19.4. The van der Waals surface area contributed by atoms with Gasteiger partial charge in [0.1, 0.15) is 12.0 Å². The predicted octanol–water partition coefficient (Wildman–Crippen LogP) is 2.86. The number of hydrogen-bond donors (Lipinski definition) is 1. The van der Waals surface area contributed by atoms with Gasteiger partial charge in [-0.15, -0.1) is 13.2 Å². The molecule has 1 aromatic carbocycles. The van der Waals surface area contributed by atoms with Gasteiger partial charge in [-0.2, -0.15) is 5.10 Å². The zero-order valence-corrected chi connectivity index (χ0v) is 15.9. The monoisotopic (exact) mass is 421 g/mol. The Bertz CT molecular complexity index is 1050. The molecule has 30 heavy (non-hydrogen) atoms. The van der Waals surface area contributed by atoms with Gasteiger partial charge >= 0.3 is 6.36 Å². The highest BCUT2D eigenvalue weighted by molar-refractivity contribution is 5.92. The van der Waals surface area contributed by atoms with Crippen LogP contribution in [0.1, 0.15) is 17.4 Å². The first kappa shape index (κ1) is 20.0. The normalized spacial score (nSPS) is 17.2. The van der Waals surface area contributed by atoms with E-state index in [1.807, 2.05) is 6.92 Å². The Labute approximate surface area is 169 Å². The molecule has 2 aromatic heterocycles. The molecule has 1 N–H and O–H groups in total. The third-order valence-corrected chi connectivity index (χ3v) is 4.55. The third kappa shape index (κ3) is 4.30. The molecule has 0 saturated carbocycles. The molecular weight excluding hydrogens is 403 g/mol. The molecule has 1 amide bonds. The van der Waals surface area contributed by atoms with E-state index >= 15 is 0 Å². The van der Waals surface area contributed by atoms with E-state index in [-0.39, 0.29) is 29.2 Å². The molecule has 0 radical (unpaired) electrons. The van der Waals surface area contributed by atoms with Gasteiger partial charge in [0.05, 0.1) is 11.8 Å². The summed E-state index contributed by atoms with van der Waals surface area (Å²) in [5.41, 5.74) is 0.663. The third-order valence-electron chi connectivity index (χ3n) is 4.55. The number of oxazole rings is 1. The zero-order valence-electron chi connectivity index (χ0n) is 15.9. The summed E-state index contributed by atoms with van der Waals surface area (Å²) in [6, 6.07) is 5.81. The molecule has 4 rings (SSSR count). The second-order valence-corrected chi connectivity index (χ2v) is 6.83. The number of para-hydroxylation sites is 2. The quantitative estimate of drug-likeness (QED) is 0.697. The van der Waals surface area contributed by atoms with E-state index in [2.05, 4.69) is 20.1 Å². The predicted molar refractivity (Wildman–Crippen MR) is 99.1 cm³/mol. The van der Waals surface area contributed by atoms with Crippen LogP contribution in [0.15, 0.2) is 47.3 Å². The van der Waals surface area contributed by atoms with Gasteiger partial charge in [0, 0.05) is 31.9 Å². The van der Waals surface area contributed by atoms with Crippen molar-refractivity contribution >= 4 is 5.91 Å². The van der Waals surface area contributed by atoms with E-state index < -0.39 is 12.1 Å². The molecule has 8 nitrogen and oxygen atoms in total. The highest BCUT2D eigenvalue weighted by Gasteiger charge is 2.32. The van der Waals surface area contributed by atoms with Crippen LogP contribution < -0.4 is 10.1 Å². The Hall–Kier alpha value is -3.34. The van der Waals surface area contributed by atoms with Crippen LogP contribution in [-0.4, -0.2) is 57.6 Å². The van der Waals surface area contributed by atoms with Gasteiger partial charge in [-0.05, 0) is 19.1 Å². The number of piperazine rings is 1. The zero-order chi connectivity index (χ0) is 21.3. The van der Waals surface area contributed by atoms with Gasteiger partial charge in [0.15, 0.2) is 11.4 Å². The van der Waals surface area contributed by atoms with Crippen LogP contribution in [0.4, 0.5) is 13.2 Å². The van der Waals surface area contributed by atoms with Crippen molar-refractivity contribution in [2.75, 3.05) is 19.6 Å². The summed E-state index contributed by atoms with van der Waals surface area (Å²) in [7, 11) is 0. The molecule has 0 spiro atoms. The van der Waals surface area contributed by atoms with E-state index in [0.29, 0.717) is 25.2 Å². The van der Waals surface area contributed by atoms with Crippen LogP contribution in [0.25, 0.3) is 17.1 Å². The second kappa shape index (κ2) is 7.82. The summed E-state index contributed by atoms with van der Waals surface area (Å²) >= 11 is 0. The van der Waals surface area contributed by atoms with Crippen LogP contribution in [0.3, 0.4) is 0 Å². The fraction of sp³-hybridized carbons (Fsp3) is 0.316. The van der Waals surface area contributed by atoms with Crippen molar-refractivity contribution in [3.05, 3.63) is 48.6 Å². The minimum Gasteiger partial charge on any atom is -0.444 e. The molecule has 3 heterocycles. The Morgan fingerprint density at radius 2 is 2.13 bits per heavy atom. The number of rotatable bonds is 4. The lowest BCUT2D eigenvalue weighted by atomic mass is 10.2. The van der Waals surface area contributed by atoms with Gasteiger partial charge in [-0.3, -0.25) is 4.79 Å². The molecule has 1 fully saturated rings. The van der Waals surface area contributed by atoms with Crippen LogP contribution >= 0.6 is 0 Å². The maximum atomic E-state index is 12.6. The van der Waals surface area contributed by atoms with Crippen LogP contribution in [0.5, 0.6) is 5.75 Å². The van der Waals surface area contributed by atoms with Crippen molar-refractivity contribution < 1.29 is 27.1 Å². The van der Waals surface area contributed by atoms with Crippen LogP contribution in [-0.2, 0) is 0 Å². The lowest BCUT2D eigenvalue weighted by Gasteiger charge is -2.31. The fourth-order valence-corrected chi connectivity index (χ4v) is 3.21. The van der Waals surface area contributed by atoms with Crippen molar-refractivity contribution in [3.63, 3.8) is 0 Å². The number of aromatic nitrogens is 3. The van der Waals surface area contributed by atoms with Crippen molar-refractivity contribution in [2.45, 2.75) is 19.3 Å². The van der Waals surface area contributed by atoms with Gasteiger partial charge in [0.2, 0.25) is 5.89 Å². The highest BCUT2D eigenvalue weighted by Crippen LogP contribution is 2.29. The summed E-state index contributed by atoms with van der Waals surface area (Å²) < 4.78 is 48.6. The Balaban J connectivity index is 1.55. The molecule has 0 unspecified atom stereocenters. The van der Waals surface area contributed by atoms with Crippen molar-refractivity contribution in [3.8, 4) is 22.9 Å². The van der Waals surface area contributed by atoms with E-state index in [1.54, 1.807) is 11.0 Å². The number of nitrogens with zero attached hydrogens (tertiary/aromatic N) is 4. The molecule has 1 aliphatic rings. The number of ether oxygens (including phenoxy) is 1. The summed E-state index contributed by atoms with van der Waals surface area (Å²) in [4.78, 5) is 18.5. The van der Waals surface area contributed by atoms with Gasteiger partial charge in [0.25, 0.3) is 5.91 Å². The lowest BCUT2D eigenvalue weighted by Crippen LogP contribution is -2.51. The maximum Gasteiger partial charge on any atom is 0.573 e. The van der Waals surface area contributed by atoms with Crippen LogP contribution in [0.2, 0.25) is 0 Å². The number of carbonyl (C=O) groups is 1. The molecule has 0 aliphatic carbocycles. The standard InChI is InChI=1S/C19H18F3N5O3/c1-12-9-26(7-6-23-12)18(28)14-11-29-17(25-14)13-8-24-27(10-13)15-4-2-3-5-16(15)30-19(20,21)22/h2-5,8,10-12,23H,6-7,9H2,1H3/t12-/m0/s1. The maximum absolute atomic E-state index is 12.6. The Morgan fingerprint density at radius 1 is 1.33 bits per heavy atom. The molecule has 1 atom stereocenters. The molecule has 0 bridgehead atoms. The first-order valence-corrected chi connectivity index (χ1v) is 9.18. The topological polar surface area (TPSA) is 85.4 Å². The Kier molecular flexibility index (Phi) is 5.20. The SMILES string of the molecule is C[C@H]1CN(C(=O)c2coc(-c3cnn(-c4ccccc4OC(F)(F)F)c3)n2)CCN1. The van der Waals surface area contributed by atoms with Crippen LogP contribution in [0, 0.1) is 0 Å². The van der Waals surface area contributed by atoms with Crippen molar-refractivity contribution in [1.29, 1.82) is 0 Å². The van der Waals surface area contributed by atoms with Crippen molar-refractivity contribution in [2.24, 2.45) is 0 Å². The molecule has 1 aliphatic heterocycles. The van der Waals surface area contributed by atoms with E-state index in [9.17, 15) is 18.0 Å². The van der Waals surface area contributed by atoms with Gasteiger partial charge in [-0.25, -0.2) is 9.67 Å². The van der Waals surface area contributed by atoms with Gasteiger partial charge < -0.3 is 19.4 Å². The lowest BCUT2D eigenvalue weighted by molar-refractivity contribution is -0.274. The second-order valence-electron chi connectivity index (χ2n) is 6.83. The van der Waals surface area contributed by atoms with Crippen molar-refractivity contribution in [1.82, 2.24) is 25.0 Å². The molecule has 158 valence electrons. The number of benzene rings is 1. The molecular formula is C19H18F3N5O3. The number of halogens is 3. The number of alkyl halides is 3. The number of amides is 1. The molecule has 11 heteroatoms. The minimum atomic E-state index is -4.83. The first-order valence-electron chi connectivity index (χ1n) is 9.18. The molecule has 1 saturated heterocycles.